The van der Waals surface area contributed by atoms with E-state index >= 15 is 0 Å². The molecule has 0 bridgehead atoms. The number of nitrogens with zero attached hydrogens (tertiary/aromatic N) is 3. The van der Waals surface area contributed by atoms with Crippen LogP contribution in [-0.2, 0) is 7.05 Å². The maximum atomic E-state index is 3.94. The summed E-state index contributed by atoms with van der Waals surface area (Å²) in [5, 5.41) is 11.1. The van der Waals surface area contributed by atoms with E-state index in [4.69, 9.17) is 0 Å². The fourth-order valence-electron chi connectivity index (χ4n) is 1.48. The summed E-state index contributed by atoms with van der Waals surface area (Å²) in [6.45, 7) is 0. The average molecular weight is 287 g/mol. The molecule has 0 aliphatic heterocycles. The molecule has 0 saturated heterocycles. The lowest BCUT2D eigenvalue weighted by atomic mass is 10.2. The Morgan fingerprint density at radius 2 is 2.33 bits per heavy atom. The zero-order valence-corrected chi connectivity index (χ0v) is 10.8. The van der Waals surface area contributed by atoms with Crippen LogP contribution in [0.3, 0.4) is 0 Å². The summed E-state index contributed by atoms with van der Waals surface area (Å²) in [4.78, 5) is 1.25. The van der Waals surface area contributed by atoms with E-state index in [1.165, 1.54) is 4.88 Å². The van der Waals surface area contributed by atoms with Crippen molar-refractivity contribution in [2.75, 3.05) is 7.05 Å². The number of aryl methyl sites for hydroxylation is 1. The smallest absolute Gasteiger partial charge is 0.0856 e. The van der Waals surface area contributed by atoms with Crippen molar-refractivity contribution in [3.05, 3.63) is 32.7 Å². The fourth-order valence-corrected chi connectivity index (χ4v) is 3.03. The van der Waals surface area contributed by atoms with Crippen molar-refractivity contribution in [2.24, 2.45) is 7.05 Å². The Morgan fingerprint density at radius 3 is 2.80 bits per heavy atom. The monoisotopic (exact) mass is 286 g/mol. The van der Waals surface area contributed by atoms with Crippen molar-refractivity contribution in [3.8, 4) is 0 Å². The molecule has 4 nitrogen and oxygen atoms in total. The van der Waals surface area contributed by atoms with Crippen LogP contribution in [0.15, 0.2) is 22.1 Å². The summed E-state index contributed by atoms with van der Waals surface area (Å²) in [5.41, 5.74) is 1.06. The van der Waals surface area contributed by atoms with Gasteiger partial charge in [0.1, 0.15) is 0 Å². The number of thiophene rings is 1. The number of nitrogens with one attached hydrogen (secondary N) is 1. The summed E-state index contributed by atoms with van der Waals surface area (Å²) >= 11 is 5.18. The van der Waals surface area contributed by atoms with E-state index in [2.05, 4.69) is 37.6 Å². The molecule has 0 aliphatic rings. The Hall–Kier alpha value is -0.720. The highest BCUT2D eigenvalue weighted by Crippen LogP contribution is 2.30. The van der Waals surface area contributed by atoms with Crippen LogP contribution in [0.1, 0.15) is 16.6 Å². The molecule has 0 saturated carbocycles. The Morgan fingerprint density at radius 1 is 1.53 bits per heavy atom. The van der Waals surface area contributed by atoms with E-state index in [0.717, 1.165) is 9.48 Å². The van der Waals surface area contributed by atoms with Gasteiger partial charge in [-0.15, -0.1) is 16.4 Å². The second-order valence-corrected chi connectivity index (χ2v) is 5.64. The molecule has 0 aromatic carbocycles. The van der Waals surface area contributed by atoms with Crippen LogP contribution in [0.25, 0.3) is 0 Å². The molecule has 80 valence electrons. The maximum Gasteiger partial charge on any atom is 0.0856 e. The Bertz CT molecular complexity index is 450. The van der Waals surface area contributed by atoms with E-state index in [1.54, 1.807) is 22.2 Å². The summed E-state index contributed by atoms with van der Waals surface area (Å²) in [6.07, 6.45) is 1.79. The molecular weight excluding hydrogens is 276 g/mol. The summed E-state index contributed by atoms with van der Waals surface area (Å²) in [6, 6.07) is 4.30. The number of hydrogen-bond donors (Lipinski definition) is 1. The number of rotatable bonds is 3. The summed E-state index contributed by atoms with van der Waals surface area (Å²) < 4.78 is 2.92. The second kappa shape index (κ2) is 4.42. The van der Waals surface area contributed by atoms with Crippen molar-refractivity contribution < 1.29 is 0 Å². The fraction of sp³-hybridized carbons (Fsp3) is 0.333. The standard InChI is InChI=1S/C9H11BrN4S/c1-11-9(6-5-12-13-14(6)2)7-3-4-8(10)15-7/h3-5,9,11H,1-2H3. The zero-order valence-electron chi connectivity index (χ0n) is 8.44. The molecule has 15 heavy (non-hydrogen) atoms. The van der Waals surface area contributed by atoms with Gasteiger partial charge in [-0.1, -0.05) is 5.21 Å². The largest absolute Gasteiger partial charge is 0.307 e. The maximum absolute atomic E-state index is 3.94. The third-order valence-corrected chi connectivity index (χ3v) is 3.90. The number of halogens is 1. The number of hydrogen-bond acceptors (Lipinski definition) is 4. The van der Waals surface area contributed by atoms with Gasteiger partial charge in [0.15, 0.2) is 0 Å². The quantitative estimate of drug-likeness (QED) is 0.938. The van der Waals surface area contributed by atoms with E-state index in [9.17, 15) is 0 Å². The first kappa shape index (κ1) is 10.8. The highest BCUT2D eigenvalue weighted by Gasteiger charge is 2.17. The van der Waals surface area contributed by atoms with Crippen LogP contribution in [0.5, 0.6) is 0 Å². The van der Waals surface area contributed by atoms with Crippen LogP contribution in [0, 0.1) is 0 Å². The minimum absolute atomic E-state index is 0.154. The van der Waals surface area contributed by atoms with Crippen LogP contribution < -0.4 is 5.32 Å². The molecule has 2 aromatic heterocycles. The first-order chi connectivity index (χ1) is 7.22. The lowest BCUT2D eigenvalue weighted by Crippen LogP contribution is -2.19. The summed E-state index contributed by atoms with van der Waals surface area (Å²) in [5.74, 6) is 0. The van der Waals surface area contributed by atoms with Gasteiger partial charge in [0.2, 0.25) is 0 Å². The van der Waals surface area contributed by atoms with Gasteiger partial charge < -0.3 is 5.32 Å². The van der Waals surface area contributed by atoms with Crippen molar-refractivity contribution in [2.45, 2.75) is 6.04 Å². The molecule has 0 aliphatic carbocycles. The van der Waals surface area contributed by atoms with E-state index < -0.39 is 0 Å². The Kier molecular flexibility index (Phi) is 3.18. The van der Waals surface area contributed by atoms with Gasteiger partial charge in [-0.05, 0) is 35.1 Å². The Labute approximate surface area is 100 Å². The molecule has 0 radical (unpaired) electrons. The molecule has 1 N–H and O–H groups in total. The average Bonchev–Trinajstić information content (AvgIpc) is 2.79. The molecule has 2 heterocycles. The first-order valence-electron chi connectivity index (χ1n) is 4.49. The van der Waals surface area contributed by atoms with Crippen molar-refractivity contribution in [1.29, 1.82) is 0 Å². The SMILES string of the molecule is CNC(c1ccc(Br)s1)c1cnnn1C. The predicted octanol–water partition coefficient (Wildman–Crippen LogP) is 1.95. The van der Waals surface area contributed by atoms with Crippen molar-refractivity contribution in [3.63, 3.8) is 0 Å². The van der Waals surface area contributed by atoms with Gasteiger partial charge in [-0.25, -0.2) is 0 Å². The van der Waals surface area contributed by atoms with Crippen LogP contribution >= 0.6 is 27.3 Å². The highest BCUT2D eigenvalue weighted by molar-refractivity contribution is 9.11. The van der Waals surface area contributed by atoms with Gasteiger partial charge in [-0.2, -0.15) is 0 Å². The molecule has 0 fully saturated rings. The minimum atomic E-state index is 0.154. The molecule has 6 heteroatoms. The third-order valence-electron chi connectivity index (χ3n) is 2.21. The lowest BCUT2D eigenvalue weighted by Gasteiger charge is -2.13. The van der Waals surface area contributed by atoms with Gasteiger partial charge in [0.05, 0.1) is 21.7 Å². The first-order valence-corrected chi connectivity index (χ1v) is 6.10. The Balaban J connectivity index is 2.36. The third kappa shape index (κ3) is 2.11. The van der Waals surface area contributed by atoms with Crippen molar-refractivity contribution in [1.82, 2.24) is 20.3 Å². The molecule has 1 atom stereocenters. The van der Waals surface area contributed by atoms with Crippen molar-refractivity contribution >= 4 is 27.3 Å². The van der Waals surface area contributed by atoms with Gasteiger partial charge in [0, 0.05) is 11.9 Å². The summed E-state index contributed by atoms with van der Waals surface area (Å²) in [7, 11) is 3.83. The van der Waals surface area contributed by atoms with E-state index in [0.29, 0.717) is 0 Å². The highest BCUT2D eigenvalue weighted by atomic mass is 79.9. The number of aromatic nitrogens is 3. The van der Waals surface area contributed by atoms with Crippen LogP contribution in [0.2, 0.25) is 0 Å². The molecule has 0 spiro atoms. The minimum Gasteiger partial charge on any atom is -0.307 e. The zero-order chi connectivity index (χ0) is 10.8. The van der Waals surface area contributed by atoms with E-state index in [-0.39, 0.29) is 6.04 Å². The van der Waals surface area contributed by atoms with Crippen LogP contribution in [0.4, 0.5) is 0 Å². The van der Waals surface area contributed by atoms with Gasteiger partial charge >= 0.3 is 0 Å². The van der Waals surface area contributed by atoms with Crippen LogP contribution in [-0.4, -0.2) is 22.0 Å². The molecule has 0 amide bonds. The second-order valence-electron chi connectivity index (χ2n) is 3.15. The molecular formula is C9H11BrN4S. The van der Waals surface area contributed by atoms with Gasteiger partial charge in [0.25, 0.3) is 0 Å². The molecule has 2 aromatic rings. The van der Waals surface area contributed by atoms with Gasteiger partial charge in [-0.3, -0.25) is 4.68 Å². The molecule has 2 rings (SSSR count). The normalized spacial score (nSPS) is 13.0. The topological polar surface area (TPSA) is 42.7 Å². The lowest BCUT2D eigenvalue weighted by molar-refractivity contribution is 0.604. The van der Waals surface area contributed by atoms with E-state index in [1.807, 2.05) is 20.2 Å². The molecule has 1 unspecified atom stereocenters. The predicted molar refractivity (Wildman–Crippen MR) is 63.9 cm³/mol.